The van der Waals surface area contributed by atoms with Crippen molar-refractivity contribution in [3.8, 4) is 10.7 Å². The van der Waals surface area contributed by atoms with E-state index in [1.165, 1.54) is 0 Å². The van der Waals surface area contributed by atoms with Gasteiger partial charge in [-0.05, 0) is 55.6 Å². The van der Waals surface area contributed by atoms with E-state index in [9.17, 15) is 4.79 Å². The lowest BCUT2D eigenvalue weighted by Crippen LogP contribution is -2.33. The number of amides is 1. The van der Waals surface area contributed by atoms with Gasteiger partial charge < -0.3 is 5.32 Å². The molecule has 0 bridgehead atoms. The van der Waals surface area contributed by atoms with Crippen molar-refractivity contribution in [2.45, 2.75) is 32.9 Å². The number of rotatable bonds is 5. The molecule has 0 spiro atoms. The maximum Gasteiger partial charge on any atom is 0.243 e. The van der Waals surface area contributed by atoms with Crippen LogP contribution in [-0.4, -0.2) is 20.7 Å². The number of aryl methyl sites for hydroxylation is 1. The molecular formula is C18H20N4OS2. The molecule has 130 valence electrons. The Balaban J connectivity index is 1.83. The molecule has 0 aliphatic heterocycles. The van der Waals surface area contributed by atoms with Gasteiger partial charge in [0.1, 0.15) is 6.04 Å². The summed E-state index contributed by atoms with van der Waals surface area (Å²) in [5, 5.41) is 12.1. The molecule has 7 heteroatoms. The highest BCUT2D eigenvalue weighted by Gasteiger charge is 2.23. The minimum absolute atomic E-state index is 0.0811. The number of hydrogen-bond acceptors (Lipinski definition) is 4. The molecule has 3 rings (SSSR count). The Labute approximate surface area is 155 Å². The van der Waals surface area contributed by atoms with Gasteiger partial charge in [-0.25, -0.2) is 0 Å². The van der Waals surface area contributed by atoms with Gasteiger partial charge in [0.25, 0.3) is 0 Å². The summed E-state index contributed by atoms with van der Waals surface area (Å²) in [5.41, 5.74) is 2.26. The van der Waals surface area contributed by atoms with E-state index in [4.69, 9.17) is 12.2 Å². The van der Waals surface area contributed by atoms with Gasteiger partial charge in [0.15, 0.2) is 10.6 Å². The smallest absolute Gasteiger partial charge is 0.243 e. The zero-order valence-corrected chi connectivity index (χ0v) is 15.9. The van der Waals surface area contributed by atoms with E-state index in [1.54, 1.807) is 15.9 Å². The predicted molar refractivity (Wildman–Crippen MR) is 103 cm³/mol. The van der Waals surface area contributed by atoms with E-state index in [0.717, 1.165) is 16.0 Å². The SMILES string of the molecule is Cc1ccccc1[C@H](C)NC(=O)[C@@H](C)n1c(-c2cccs2)n[nH]c1=S. The van der Waals surface area contributed by atoms with Crippen LogP contribution < -0.4 is 5.32 Å². The molecule has 2 aromatic heterocycles. The third-order valence-electron chi connectivity index (χ3n) is 4.23. The van der Waals surface area contributed by atoms with Crippen LogP contribution in [0.15, 0.2) is 41.8 Å². The lowest BCUT2D eigenvalue weighted by atomic mass is 10.0. The molecule has 0 saturated heterocycles. The highest BCUT2D eigenvalue weighted by Crippen LogP contribution is 2.26. The van der Waals surface area contributed by atoms with Crippen LogP contribution in [0.4, 0.5) is 0 Å². The van der Waals surface area contributed by atoms with Crippen LogP contribution in [-0.2, 0) is 4.79 Å². The second kappa shape index (κ2) is 7.33. The summed E-state index contributed by atoms with van der Waals surface area (Å²) in [6, 6.07) is 11.4. The first-order valence-electron chi connectivity index (χ1n) is 8.05. The zero-order valence-electron chi connectivity index (χ0n) is 14.3. The van der Waals surface area contributed by atoms with E-state index in [-0.39, 0.29) is 11.9 Å². The first-order chi connectivity index (χ1) is 12.0. The monoisotopic (exact) mass is 372 g/mol. The van der Waals surface area contributed by atoms with Gasteiger partial charge >= 0.3 is 0 Å². The number of H-pyrrole nitrogens is 1. The van der Waals surface area contributed by atoms with Crippen LogP contribution in [0, 0.1) is 11.7 Å². The molecule has 5 nitrogen and oxygen atoms in total. The minimum atomic E-state index is -0.463. The van der Waals surface area contributed by atoms with Crippen molar-refractivity contribution in [1.82, 2.24) is 20.1 Å². The summed E-state index contributed by atoms with van der Waals surface area (Å²) in [6.07, 6.45) is 0. The molecule has 3 aromatic rings. The van der Waals surface area contributed by atoms with Crippen molar-refractivity contribution < 1.29 is 4.79 Å². The van der Waals surface area contributed by atoms with E-state index in [1.807, 2.05) is 62.5 Å². The van der Waals surface area contributed by atoms with E-state index < -0.39 is 6.04 Å². The van der Waals surface area contributed by atoms with Crippen LogP contribution in [0.1, 0.15) is 37.1 Å². The topological polar surface area (TPSA) is 62.7 Å². The number of nitrogens with one attached hydrogen (secondary N) is 2. The molecule has 25 heavy (non-hydrogen) atoms. The summed E-state index contributed by atoms with van der Waals surface area (Å²) >= 11 is 6.90. The number of aromatic nitrogens is 3. The standard InChI is InChI=1S/C18H20N4OS2/c1-11-7-4-5-8-14(11)12(2)19-17(23)13(3)22-16(20-21-18(22)24)15-9-6-10-25-15/h4-10,12-13H,1-3H3,(H,19,23)(H,21,24)/t12-,13+/m0/s1. The third kappa shape index (κ3) is 3.57. The number of hydrogen-bond donors (Lipinski definition) is 2. The molecule has 2 atom stereocenters. The number of aromatic amines is 1. The van der Waals surface area contributed by atoms with Gasteiger partial charge in [0.05, 0.1) is 10.9 Å². The zero-order chi connectivity index (χ0) is 18.0. The average molecular weight is 373 g/mol. The maximum absolute atomic E-state index is 12.8. The predicted octanol–water partition coefficient (Wildman–Crippen LogP) is 4.42. The van der Waals surface area contributed by atoms with Crippen molar-refractivity contribution in [1.29, 1.82) is 0 Å². The Kier molecular flexibility index (Phi) is 5.15. The highest BCUT2D eigenvalue weighted by atomic mass is 32.1. The lowest BCUT2D eigenvalue weighted by molar-refractivity contribution is -0.124. The molecule has 0 aliphatic carbocycles. The first kappa shape index (κ1) is 17.6. The Hall–Kier alpha value is -2.25. The molecule has 0 radical (unpaired) electrons. The van der Waals surface area contributed by atoms with Gasteiger partial charge in [-0.3, -0.25) is 14.5 Å². The number of carbonyl (C=O) groups is 1. The summed E-state index contributed by atoms with van der Waals surface area (Å²) < 4.78 is 2.20. The second-order valence-corrected chi connectivity index (χ2v) is 7.30. The quantitative estimate of drug-likeness (QED) is 0.652. The van der Waals surface area contributed by atoms with Crippen molar-refractivity contribution in [2.24, 2.45) is 0 Å². The molecular weight excluding hydrogens is 352 g/mol. The lowest BCUT2D eigenvalue weighted by Gasteiger charge is -2.20. The van der Waals surface area contributed by atoms with Gasteiger partial charge in [0, 0.05) is 0 Å². The average Bonchev–Trinajstić information content (AvgIpc) is 3.23. The summed E-state index contributed by atoms with van der Waals surface area (Å²) in [4.78, 5) is 13.8. The van der Waals surface area contributed by atoms with Gasteiger partial charge in [-0.2, -0.15) is 5.10 Å². The molecule has 1 amide bonds. The Morgan fingerprint density at radius 1 is 1.28 bits per heavy atom. The van der Waals surface area contributed by atoms with Gasteiger partial charge in [-0.1, -0.05) is 30.3 Å². The normalized spacial score (nSPS) is 13.4. The van der Waals surface area contributed by atoms with Crippen LogP contribution in [0.5, 0.6) is 0 Å². The fourth-order valence-corrected chi connectivity index (χ4v) is 3.85. The number of thiophene rings is 1. The summed E-state index contributed by atoms with van der Waals surface area (Å²) in [6.45, 7) is 5.87. The Morgan fingerprint density at radius 2 is 2.04 bits per heavy atom. The third-order valence-corrected chi connectivity index (χ3v) is 5.38. The van der Waals surface area contributed by atoms with E-state index >= 15 is 0 Å². The molecule has 0 unspecified atom stereocenters. The van der Waals surface area contributed by atoms with E-state index in [2.05, 4.69) is 15.5 Å². The largest absolute Gasteiger partial charge is 0.348 e. The molecule has 0 saturated carbocycles. The number of nitrogens with zero attached hydrogens (tertiary/aromatic N) is 2. The first-order valence-corrected chi connectivity index (χ1v) is 9.34. The van der Waals surface area contributed by atoms with E-state index in [0.29, 0.717) is 10.6 Å². The molecule has 2 heterocycles. The minimum Gasteiger partial charge on any atom is -0.348 e. The van der Waals surface area contributed by atoms with Crippen LogP contribution in [0.2, 0.25) is 0 Å². The number of benzene rings is 1. The molecule has 2 N–H and O–H groups in total. The molecule has 0 fully saturated rings. The van der Waals surface area contributed by atoms with Crippen molar-refractivity contribution in [2.75, 3.05) is 0 Å². The maximum atomic E-state index is 12.8. The van der Waals surface area contributed by atoms with Gasteiger partial charge in [0.2, 0.25) is 5.91 Å². The summed E-state index contributed by atoms with van der Waals surface area (Å²) in [5.74, 6) is 0.595. The Bertz CT molecular complexity index is 927. The summed E-state index contributed by atoms with van der Waals surface area (Å²) in [7, 11) is 0. The highest BCUT2D eigenvalue weighted by molar-refractivity contribution is 7.71. The number of carbonyl (C=O) groups excluding carboxylic acids is 1. The Morgan fingerprint density at radius 3 is 2.72 bits per heavy atom. The van der Waals surface area contributed by atoms with Crippen LogP contribution in [0.3, 0.4) is 0 Å². The van der Waals surface area contributed by atoms with Crippen LogP contribution >= 0.6 is 23.6 Å². The van der Waals surface area contributed by atoms with Crippen molar-refractivity contribution in [3.05, 3.63) is 57.7 Å². The van der Waals surface area contributed by atoms with Crippen molar-refractivity contribution in [3.63, 3.8) is 0 Å². The fraction of sp³-hybridized carbons (Fsp3) is 0.278. The van der Waals surface area contributed by atoms with Gasteiger partial charge in [-0.15, -0.1) is 11.3 Å². The van der Waals surface area contributed by atoms with Crippen LogP contribution in [0.25, 0.3) is 10.7 Å². The fourth-order valence-electron chi connectivity index (χ4n) is 2.85. The molecule has 1 aromatic carbocycles. The molecule has 0 aliphatic rings. The second-order valence-electron chi connectivity index (χ2n) is 5.96. The van der Waals surface area contributed by atoms with Crippen molar-refractivity contribution >= 4 is 29.5 Å².